The minimum absolute atomic E-state index is 0.0792. The van der Waals surface area contributed by atoms with E-state index in [9.17, 15) is 14.4 Å². The highest BCUT2D eigenvalue weighted by Gasteiger charge is 2.37. The predicted molar refractivity (Wildman–Crippen MR) is 154 cm³/mol. The molecule has 5 aromatic rings. The molecule has 0 saturated heterocycles. The van der Waals surface area contributed by atoms with Crippen LogP contribution in [0.3, 0.4) is 0 Å². The molecule has 198 valence electrons. The number of benzene rings is 4. The second-order valence-corrected chi connectivity index (χ2v) is 9.29. The molecule has 0 bridgehead atoms. The van der Waals surface area contributed by atoms with Gasteiger partial charge in [0.05, 0.1) is 5.52 Å². The Labute approximate surface area is 232 Å². The average molecular weight is 529 g/mol. The topological polar surface area (TPSA) is 100 Å². The minimum atomic E-state index is -0.965. The number of hydrazine groups is 1. The van der Waals surface area contributed by atoms with Crippen LogP contribution in [0.4, 0.5) is 0 Å². The lowest BCUT2D eigenvalue weighted by molar-refractivity contribution is -0.127. The number of hydrogen-bond donors (Lipinski definition) is 3. The van der Waals surface area contributed by atoms with E-state index in [0.29, 0.717) is 5.52 Å². The molecule has 3 N–H and O–H groups in total. The number of carbonyl (C=O) groups is 3. The summed E-state index contributed by atoms with van der Waals surface area (Å²) in [5.41, 5.74) is 7.32. The van der Waals surface area contributed by atoms with Crippen LogP contribution in [0.5, 0.6) is 0 Å². The fourth-order valence-corrected chi connectivity index (χ4v) is 4.73. The van der Waals surface area contributed by atoms with Gasteiger partial charge in [-0.1, -0.05) is 115 Å². The zero-order valence-corrected chi connectivity index (χ0v) is 21.7. The largest absolute Gasteiger partial charge is 0.338 e. The lowest BCUT2D eigenvalue weighted by Gasteiger charge is -2.37. The summed E-state index contributed by atoms with van der Waals surface area (Å²) in [6, 6.07) is 40.1. The number of fused-ring (bicyclic) bond motifs is 1. The molecular weight excluding hydrogens is 500 g/mol. The first-order chi connectivity index (χ1) is 19.6. The molecule has 40 heavy (non-hydrogen) atoms. The Balaban J connectivity index is 1.28. The Morgan fingerprint density at radius 3 is 1.62 bits per heavy atom. The Bertz CT molecular complexity index is 1530. The number of para-hydroxylation sites is 1. The minimum Gasteiger partial charge on any atom is -0.338 e. The van der Waals surface area contributed by atoms with E-state index in [4.69, 9.17) is 0 Å². The lowest BCUT2D eigenvalue weighted by atomic mass is 9.77. The Morgan fingerprint density at radius 2 is 1.05 bits per heavy atom. The molecule has 3 amide bonds. The summed E-state index contributed by atoms with van der Waals surface area (Å²) in [6.45, 7) is 0. The summed E-state index contributed by atoms with van der Waals surface area (Å²) < 4.78 is 0. The summed E-state index contributed by atoms with van der Waals surface area (Å²) >= 11 is 0. The van der Waals surface area contributed by atoms with Crippen LogP contribution in [-0.2, 0) is 15.1 Å². The summed E-state index contributed by atoms with van der Waals surface area (Å²) in [4.78, 5) is 42.8. The van der Waals surface area contributed by atoms with E-state index >= 15 is 0 Å². The van der Waals surface area contributed by atoms with Gasteiger partial charge in [-0.25, -0.2) is 4.98 Å². The van der Waals surface area contributed by atoms with E-state index in [1.807, 2.05) is 115 Å². The average Bonchev–Trinajstić information content (AvgIpc) is 3.02. The molecule has 0 aliphatic carbocycles. The molecule has 0 unspecified atom stereocenters. The molecule has 0 aliphatic rings. The maximum absolute atomic E-state index is 13.4. The molecule has 1 aromatic heterocycles. The Morgan fingerprint density at radius 1 is 0.550 bits per heavy atom. The van der Waals surface area contributed by atoms with Crippen LogP contribution in [0, 0.1) is 0 Å². The van der Waals surface area contributed by atoms with Crippen molar-refractivity contribution >= 4 is 28.6 Å². The Kier molecular flexibility index (Phi) is 7.92. The van der Waals surface area contributed by atoms with Crippen molar-refractivity contribution in [3.05, 3.63) is 150 Å². The highest BCUT2D eigenvalue weighted by Crippen LogP contribution is 2.36. The molecule has 0 fully saturated rings. The molecule has 0 saturated carbocycles. The number of hydrogen-bond acceptors (Lipinski definition) is 4. The summed E-state index contributed by atoms with van der Waals surface area (Å²) in [6.07, 6.45) is -0.199. The molecule has 4 aromatic carbocycles. The van der Waals surface area contributed by atoms with Crippen LogP contribution >= 0.6 is 0 Å². The molecule has 0 aliphatic heterocycles. The second-order valence-electron chi connectivity index (χ2n) is 9.29. The van der Waals surface area contributed by atoms with Crippen LogP contribution in [0.2, 0.25) is 0 Å². The van der Waals surface area contributed by atoms with Crippen molar-refractivity contribution in [1.29, 1.82) is 0 Å². The number of amides is 3. The predicted octanol–water partition coefficient (Wildman–Crippen LogP) is 4.88. The number of pyridine rings is 1. The van der Waals surface area contributed by atoms with Crippen molar-refractivity contribution in [2.24, 2.45) is 0 Å². The molecule has 7 heteroatoms. The Hall–Kier alpha value is -5.30. The van der Waals surface area contributed by atoms with Gasteiger partial charge in [-0.05, 0) is 28.8 Å². The van der Waals surface area contributed by atoms with Gasteiger partial charge in [0.1, 0.15) is 11.2 Å². The lowest BCUT2D eigenvalue weighted by Crippen LogP contribution is -2.48. The molecule has 0 radical (unpaired) electrons. The normalized spacial score (nSPS) is 11.0. The van der Waals surface area contributed by atoms with Crippen molar-refractivity contribution in [2.45, 2.75) is 18.4 Å². The first-order valence-corrected chi connectivity index (χ1v) is 13.0. The van der Waals surface area contributed by atoms with Crippen molar-refractivity contribution < 1.29 is 14.4 Å². The summed E-state index contributed by atoms with van der Waals surface area (Å²) in [5, 5.41) is 4.14. The number of nitrogens with one attached hydrogen (secondary N) is 3. The van der Waals surface area contributed by atoms with Crippen LogP contribution in [0.15, 0.2) is 127 Å². The third kappa shape index (κ3) is 5.73. The van der Waals surface area contributed by atoms with E-state index < -0.39 is 17.4 Å². The third-order valence-electron chi connectivity index (χ3n) is 6.67. The van der Waals surface area contributed by atoms with Crippen molar-refractivity contribution in [3.63, 3.8) is 0 Å². The smallest absolute Gasteiger partial charge is 0.288 e. The molecule has 0 spiro atoms. The van der Waals surface area contributed by atoms with E-state index in [-0.39, 0.29) is 24.4 Å². The number of rotatable bonds is 8. The second kappa shape index (κ2) is 12.0. The van der Waals surface area contributed by atoms with Gasteiger partial charge in [-0.3, -0.25) is 25.2 Å². The van der Waals surface area contributed by atoms with Gasteiger partial charge < -0.3 is 5.32 Å². The monoisotopic (exact) mass is 528 g/mol. The fourth-order valence-electron chi connectivity index (χ4n) is 4.73. The molecule has 7 nitrogen and oxygen atoms in total. The maximum atomic E-state index is 13.4. The van der Waals surface area contributed by atoms with Gasteiger partial charge in [0.15, 0.2) is 0 Å². The first-order valence-electron chi connectivity index (χ1n) is 13.0. The highest BCUT2D eigenvalue weighted by molar-refractivity contribution is 5.96. The van der Waals surface area contributed by atoms with Gasteiger partial charge in [0.25, 0.3) is 5.91 Å². The first kappa shape index (κ1) is 26.3. The molecule has 1 heterocycles. The summed E-state index contributed by atoms with van der Waals surface area (Å²) in [5.74, 6) is -1.34. The SMILES string of the molecule is O=C(CCC(=O)NC(c1ccccc1)(c1ccccc1)c1ccccc1)NNC(=O)c1ccc2ccccc2n1. The van der Waals surface area contributed by atoms with Crippen LogP contribution < -0.4 is 16.2 Å². The van der Waals surface area contributed by atoms with Crippen molar-refractivity contribution in [1.82, 2.24) is 21.2 Å². The van der Waals surface area contributed by atoms with Gasteiger partial charge >= 0.3 is 0 Å². The zero-order chi connectivity index (χ0) is 27.8. The van der Waals surface area contributed by atoms with Crippen LogP contribution in [0.25, 0.3) is 10.9 Å². The quantitative estimate of drug-likeness (QED) is 0.197. The third-order valence-corrected chi connectivity index (χ3v) is 6.67. The number of aromatic nitrogens is 1. The van der Waals surface area contributed by atoms with E-state index in [1.54, 1.807) is 12.1 Å². The molecular formula is C33H28N4O3. The van der Waals surface area contributed by atoms with Gasteiger partial charge in [0, 0.05) is 18.2 Å². The molecule has 5 rings (SSSR count). The highest BCUT2D eigenvalue weighted by atomic mass is 16.2. The van der Waals surface area contributed by atoms with Crippen molar-refractivity contribution in [2.75, 3.05) is 0 Å². The zero-order valence-electron chi connectivity index (χ0n) is 21.7. The standard InChI is InChI=1S/C33H28N4O3/c38-30(22-23-31(39)36-37-32(40)29-21-20-24-12-10-11-19-28(24)34-29)35-33(25-13-4-1-5-14-25,26-15-6-2-7-16-26)27-17-8-3-9-18-27/h1-21H,22-23H2,(H,35,38)(H,36,39)(H,37,40). The maximum Gasteiger partial charge on any atom is 0.288 e. The van der Waals surface area contributed by atoms with E-state index in [1.165, 1.54) is 0 Å². The van der Waals surface area contributed by atoms with Crippen LogP contribution in [-0.4, -0.2) is 22.7 Å². The number of carbonyl (C=O) groups excluding carboxylic acids is 3. The molecule has 0 atom stereocenters. The van der Waals surface area contributed by atoms with Crippen molar-refractivity contribution in [3.8, 4) is 0 Å². The van der Waals surface area contributed by atoms with E-state index in [0.717, 1.165) is 22.1 Å². The van der Waals surface area contributed by atoms with Gasteiger partial charge in [-0.2, -0.15) is 0 Å². The van der Waals surface area contributed by atoms with Crippen LogP contribution in [0.1, 0.15) is 40.0 Å². The van der Waals surface area contributed by atoms with Gasteiger partial charge in [-0.15, -0.1) is 0 Å². The van der Waals surface area contributed by atoms with Gasteiger partial charge in [0.2, 0.25) is 11.8 Å². The fraction of sp³-hybridized carbons (Fsp3) is 0.0909. The number of nitrogens with zero attached hydrogens (tertiary/aromatic N) is 1. The summed E-state index contributed by atoms with van der Waals surface area (Å²) in [7, 11) is 0. The van der Waals surface area contributed by atoms with E-state index in [2.05, 4.69) is 21.2 Å².